The zero-order chi connectivity index (χ0) is 34.1. The molecule has 0 bridgehead atoms. The van der Waals surface area contributed by atoms with Gasteiger partial charge in [-0.15, -0.1) is 0 Å². The number of aromatic nitrogens is 2. The summed E-state index contributed by atoms with van der Waals surface area (Å²) in [7, 11) is 3.11. The van der Waals surface area contributed by atoms with Gasteiger partial charge in [0.1, 0.15) is 0 Å². The average Bonchev–Trinajstić information content (AvgIpc) is 3.64. The third kappa shape index (κ3) is 5.96. The molecular weight excluding hydrogens is 658 g/mol. The van der Waals surface area contributed by atoms with E-state index in [1.165, 1.54) is 11.3 Å². The molecule has 0 N–H and O–H groups in total. The number of fused-ring (bicyclic) bond motifs is 2. The van der Waals surface area contributed by atoms with Crippen molar-refractivity contribution in [3.63, 3.8) is 0 Å². The van der Waals surface area contributed by atoms with E-state index in [2.05, 4.69) is 10.6 Å². The third-order valence-electron chi connectivity index (χ3n) is 8.50. The van der Waals surface area contributed by atoms with Crippen LogP contribution in [0.25, 0.3) is 22.7 Å². The van der Waals surface area contributed by atoms with Crippen molar-refractivity contribution in [2.24, 2.45) is 4.99 Å². The van der Waals surface area contributed by atoms with Gasteiger partial charge in [0.15, 0.2) is 16.3 Å². The van der Waals surface area contributed by atoms with E-state index >= 15 is 0 Å². The van der Waals surface area contributed by atoms with Crippen LogP contribution < -0.4 is 24.4 Å². The van der Waals surface area contributed by atoms with Crippen molar-refractivity contribution in [1.82, 2.24) is 9.13 Å². The van der Waals surface area contributed by atoms with E-state index in [9.17, 15) is 9.59 Å². The molecule has 8 nitrogen and oxygen atoms in total. The number of carbonyl (C=O) groups excluding carboxylic acids is 1. The Hall–Kier alpha value is -5.38. The number of thiazole rings is 1. The summed E-state index contributed by atoms with van der Waals surface area (Å²) in [5.74, 6) is 0.438. The second-order valence-electron chi connectivity index (χ2n) is 11.4. The summed E-state index contributed by atoms with van der Waals surface area (Å²) in [5.41, 5.74) is 4.69. The Morgan fingerprint density at radius 2 is 1.67 bits per heavy atom. The summed E-state index contributed by atoms with van der Waals surface area (Å²) in [6.45, 7) is 2.48. The van der Waals surface area contributed by atoms with Gasteiger partial charge in [0, 0.05) is 39.8 Å². The van der Waals surface area contributed by atoms with Crippen LogP contribution in [0.15, 0.2) is 119 Å². The van der Waals surface area contributed by atoms with E-state index in [-0.39, 0.29) is 17.7 Å². The molecule has 0 saturated carbocycles. The number of ether oxygens (including phenoxy) is 3. The first kappa shape index (κ1) is 32.2. The Morgan fingerprint density at radius 1 is 0.939 bits per heavy atom. The second kappa shape index (κ2) is 13.6. The number of halogens is 1. The summed E-state index contributed by atoms with van der Waals surface area (Å²) < 4.78 is 20.9. The van der Waals surface area contributed by atoms with E-state index in [1.807, 2.05) is 91.1 Å². The maximum Gasteiger partial charge on any atom is 0.338 e. The lowest BCUT2D eigenvalue weighted by molar-refractivity contribution is -0.138. The molecule has 0 fully saturated rings. The molecule has 1 aliphatic heterocycles. The highest BCUT2D eigenvalue weighted by Gasteiger charge is 2.35. The Labute approximate surface area is 291 Å². The molecule has 1 aliphatic rings. The maximum atomic E-state index is 14.6. The highest BCUT2D eigenvalue weighted by molar-refractivity contribution is 7.07. The van der Waals surface area contributed by atoms with Gasteiger partial charge in [-0.2, -0.15) is 0 Å². The number of benzene rings is 4. The monoisotopic (exact) mass is 689 g/mol. The number of carbonyl (C=O) groups is 1. The smallest absolute Gasteiger partial charge is 0.338 e. The lowest BCUT2D eigenvalue weighted by Gasteiger charge is -2.26. The zero-order valence-corrected chi connectivity index (χ0v) is 28.6. The lowest BCUT2D eigenvalue weighted by atomic mass is 9.93. The molecule has 4 aromatic carbocycles. The Balaban J connectivity index is 1.47. The van der Waals surface area contributed by atoms with Crippen LogP contribution in [0.5, 0.6) is 11.5 Å². The van der Waals surface area contributed by atoms with E-state index in [0.717, 1.165) is 27.6 Å². The maximum absolute atomic E-state index is 14.6. The summed E-state index contributed by atoms with van der Waals surface area (Å²) in [5, 5.41) is 1.69. The van der Waals surface area contributed by atoms with Gasteiger partial charge >= 0.3 is 5.97 Å². The predicted octanol–water partition coefficient (Wildman–Crippen LogP) is 6.61. The topological polar surface area (TPSA) is 84.1 Å². The minimum Gasteiger partial charge on any atom is -0.493 e. The standard InChI is InChI=1S/C39H32ClN3O5S/c1-4-48-38(45)34-35(24-12-6-5-7-13-24)41-39-43(36(34)25-18-19-31(46-2)32(20-25)47-3)37(44)33(49-39)21-27-23-42(30-17-11-9-15-28(27)30)22-26-14-8-10-16-29(26)40/h5-21,23,36H,4,22H2,1-3H3/b33-21-/t36-/m0/s1. The molecule has 10 heteroatoms. The molecule has 3 heterocycles. The number of hydrogen-bond donors (Lipinski definition) is 0. The molecule has 246 valence electrons. The summed E-state index contributed by atoms with van der Waals surface area (Å²) in [4.78, 5) is 33.8. The molecule has 0 radical (unpaired) electrons. The summed E-state index contributed by atoms with van der Waals surface area (Å²) >= 11 is 7.80. The van der Waals surface area contributed by atoms with E-state index < -0.39 is 12.0 Å². The molecule has 0 unspecified atom stereocenters. The van der Waals surface area contributed by atoms with Crippen LogP contribution in [0.4, 0.5) is 0 Å². The largest absolute Gasteiger partial charge is 0.493 e. The van der Waals surface area contributed by atoms with Crippen LogP contribution in [0.3, 0.4) is 0 Å². The number of para-hydroxylation sites is 1. The number of rotatable bonds is 9. The third-order valence-corrected chi connectivity index (χ3v) is 9.85. The number of nitrogens with zero attached hydrogens (tertiary/aromatic N) is 3. The van der Waals surface area contributed by atoms with Gasteiger partial charge in [-0.3, -0.25) is 9.36 Å². The van der Waals surface area contributed by atoms with Crippen molar-refractivity contribution in [3.8, 4) is 11.5 Å². The van der Waals surface area contributed by atoms with Crippen LogP contribution in [-0.4, -0.2) is 35.9 Å². The predicted molar refractivity (Wildman–Crippen MR) is 193 cm³/mol. The van der Waals surface area contributed by atoms with Crippen molar-refractivity contribution >= 4 is 51.6 Å². The molecular formula is C39H32ClN3O5S. The SMILES string of the molecule is CCOC(=O)C1=C(c2ccccc2)N=c2s/c(=C\c3cn(Cc4ccccc4Cl)c4ccccc34)c(=O)n2[C@H]1c1ccc(OC)c(OC)c1. The van der Waals surface area contributed by atoms with E-state index in [0.29, 0.717) is 43.7 Å². The average molecular weight is 690 g/mol. The molecule has 0 aliphatic carbocycles. The summed E-state index contributed by atoms with van der Waals surface area (Å²) in [6.07, 6.45) is 3.94. The van der Waals surface area contributed by atoms with Gasteiger partial charge in [0.05, 0.1) is 42.7 Å². The molecule has 49 heavy (non-hydrogen) atoms. The van der Waals surface area contributed by atoms with Crippen LogP contribution >= 0.6 is 22.9 Å². The number of hydrogen-bond acceptors (Lipinski definition) is 7. The van der Waals surface area contributed by atoms with Crippen LogP contribution in [0, 0.1) is 0 Å². The van der Waals surface area contributed by atoms with Crippen LogP contribution in [-0.2, 0) is 16.1 Å². The van der Waals surface area contributed by atoms with Gasteiger partial charge in [0.25, 0.3) is 5.56 Å². The van der Waals surface area contributed by atoms with Gasteiger partial charge in [-0.25, -0.2) is 9.79 Å². The molecule has 6 aromatic rings. The van der Waals surface area contributed by atoms with Crippen molar-refractivity contribution < 1.29 is 19.0 Å². The highest BCUT2D eigenvalue weighted by atomic mass is 35.5. The minimum absolute atomic E-state index is 0.158. The summed E-state index contributed by atoms with van der Waals surface area (Å²) in [6, 6.07) is 29.9. The van der Waals surface area contributed by atoms with Crippen molar-refractivity contribution in [1.29, 1.82) is 0 Å². The Bertz CT molecular complexity index is 2430. The number of methoxy groups -OCH3 is 2. The zero-order valence-electron chi connectivity index (χ0n) is 27.1. The molecule has 0 spiro atoms. The van der Waals surface area contributed by atoms with Gasteiger partial charge in [-0.05, 0) is 48.4 Å². The van der Waals surface area contributed by atoms with Crippen LogP contribution in [0.2, 0.25) is 5.02 Å². The fourth-order valence-electron chi connectivity index (χ4n) is 6.25. The Morgan fingerprint density at radius 3 is 2.43 bits per heavy atom. The van der Waals surface area contributed by atoms with Crippen LogP contribution in [0.1, 0.15) is 35.2 Å². The second-order valence-corrected chi connectivity index (χ2v) is 12.8. The van der Waals surface area contributed by atoms with Gasteiger partial charge < -0.3 is 18.8 Å². The first-order chi connectivity index (χ1) is 23.9. The fraction of sp³-hybridized carbons (Fsp3) is 0.154. The molecule has 7 rings (SSSR count). The molecule has 1 atom stereocenters. The highest BCUT2D eigenvalue weighted by Crippen LogP contribution is 2.38. The molecule has 2 aromatic heterocycles. The lowest BCUT2D eigenvalue weighted by Crippen LogP contribution is -2.40. The normalized spacial score (nSPS) is 14.4. The minimum atomic E-state index is -0.853. The quantitative estimate of drug-likeness (QED) is 0.160. The number of esters is 1. The van der Waals surface area contributed by atoms with Gasteiger partial charge in [0.2, 0.25) is 0 Å². The fourth-order valence-corrected chi connectivity index (χ4v) is 7.44. The van der Waals surface area contributed by atoms with Crippen molar-refractivity contribution in [3.05, 3.63) is 156 Å². The molecule has 0 saturated heterocycles. The Kier molecular flexibility index (Phi) is 8.95. The molecule has 0 amide bonds. The van der Waals surface area contributed by atoms with Crippen molar-refractivity contribution in [2.75, 3.05) is 20.8 Å². The van der Waals surface area contributed by atoms with Gasteiger partial charge in [-0.1, -0.05) is 95.7 Å². The first-order valence-electron chi connectivity index (χ1n) is 15.7. The van der Waals surface area contributed by atoms with E-state index in [1.54, 1.807) is 37.8 Å². The first-order valence-corrected chi connectivity index (χ1v) is 16.9. The van der Waals surface area contributed by atoms with Crippen molar-refractivity contribution in [2.45, 2.75) is 19.5 Å². The van der Waals surface area contributed by atoms with E-state index in [4.69, 9.17) is 30.8 Å².